The zero-order valence-corrected chi connectivity index (χ0v) is 18.0. The number of rotatable bonds is 5. The molecule has 0 saturated carbocycles. The Morgan fingerprint density at radius 2 is 1.84 bits per heavy atom. The highest BCUT2D eigenvalue weighted by atomic mass is 16.5. The number of pyridine rings is 1. The highest BCUT2D eigenvalue weighted by molar-refractivity contribution is 5.88. The first kappa shape index (κ1) is 20.5. The summed E-state index contributed by atoms with van der Waals surface area (Å²) in [6.07, 6.45) is 2.61. The van der Waals surface area contributed by atoms with Gasteiger partial charge in [0.05, 0.1) is 5.41 Å². The Morgan fingerprint density at radius 1 is 1.03 bits per heavy atom. The SMILES string of the molecule is O=C(NCCN1CC2CC(C1)c1cccc(=O)n1C2)C1(c2ccccc2)CCOCC1. The van der Waals surface area contributed by atoms with E-state index in [0.717, 1.165) is 51.0 Å². The number of likely N-dealkylation sites (tertiary alicyclic amines) is 1. The van der Waals surface area contributed by atoms with Crippen LogP contribution in [0.25, 0.3) is 0 Å². The van der Waals surface area contributed by atoms with Crippen LogP contribution < -0.4 is 10.9 Å². The number of carbonyl (C=O) groups excluding carboxylic acids is 1. The Morgan fingerprint density at radius 3 is 2.65 bits per heavy atom. The maximum atomic E-state index is 13.3. The van der Waals surface area contributed by atoms with E-state index >= 15 is 0 Å². The van der Waals surface area contributed by atoms with Gasteiger partial charge in [-0.15, -0.1) is 0 Å². The van der Waals surface area contributed by atoms with Crippen molar-refractivity contribution in [2.45, 2.75) is 37.1 Å². The summed E-state index contributed by atoms with van der Waals surface area (Å²) in [6, 6.07) is 15.8. The average molecular weight is 422 g/mol. The molecule has 2 bridgehead atoms. The van der Waals surface area contributed by atoms with Gasteiger partial charge in [-0.3, -0.25) is 9.59 Å². The van der Waals surface area contributed by atoms with Crippen LogP contribution in [0.3, 0.4) is 0 Å². The molecule has 31 heavy (non-hydrogen) atoms. The lowest BCUT2D eigenvalue weighted by Crippen LogP contribution is -2.51. The number of aromatic nitrogens is 1. The smallest absolute Gasteiger partial charge is 0.250 e. The molecule has 2 fully saturated rings. The van der Waals surface area contributed by atoms with Crippen molar-refractivity contribution in [2.75, 3.05) is 39.4 Å². The summed E-state index contributed by atoms with van der Waals surface area (Å²) in [5.41, 5.74) is 1.89. The summed E-state index contributed by atoms with van der Waals surface area (Å²) >= 11 is 0. The zero-order chi connectivity index (χ0) is 21.3. The molecule has 6 heteroatoms. The number of hydrogen-bond donors (Lipinski definition) is 1. The third-order valence-corrected chi connectivity index (χ3v) is 7.38. The van der Waals surface area contributed by atoms with Gasteiger partial charge >= 0.3 is 0 Å². The second-order valence-electron chi connectivity index (χ2n) is 9.27. The summed E-state index contributed by atoms with van der Waals surface area (Å²) in [4.78, 5) is 28.0. The fourth-order valence-electron chi connectivity index (χ4n) is 5.80. The van der Waals surface area contributed by atoms with E-state index < -0.39 is 5.41 Å². The first-order chi connectivity index (χ1) is 15.2. The highest BCUT2D eigenvalue weighted by Gasteiger charge is 2.41. The Bertz CT molecular complexity index is 981. The van der Waals surface area contributed by atoms with Gasteiger partial charge in [0.1, 0.15) is 0 Å². The summed E-state index contributed by atoms with van der Waals surface area (Å²) in [5.74, 6) is 1.03. The maximum absolute atomic E-state index is 13.3. The molecular weight excluding hydrogens is 390 g/mol. The molecule has 0 aliphatic carbocycles. The maximum Gasteiger partial charge on any atom is 0.250 e. The monoisotopic (exact) mass is 421 g/mol. The molecule has 2 atom stereocenters. The van der Waals surface area contributed by atoms with Crippen molar-refractivity contribution in [1.29, 1.82) is 0 Å². The molecule has 2 aromatic rings. The molecule has 3 aliphatic rings. The lowest BCUT2D eigenvalue weighted by molar-refractivity contribution is -0.130. The van der Waals surface area contributed by atoms with E-state index in [1.807, 2.05) is 28.8 Å². The Hall–Kier alpha value is -2.44. The van der Waals surface area contributed by atoms with Gasteiger partial charge in [0.25, 0.3) is 5.56 Å². The van der Waals surface area contributed by atoms with Gasteiger partial charge in [-0.25, -0.2) is 0 Å². The number of ether oxygens (including phenoxy) is 1. The number of amides is 1. The topological polar surface area (TPSA) is 63.6 Å². The van der Waals surface area contributed by atoms with Crippen LogP contribution in [0.1, 0.15) is 36.4 Å². The van der Waals surface area contributed by atoms with Crippen molar-refractivity contribution < 1.29 is 9.53 Å². The van der Waals surface area contributed by atoms with Gasteiger partial charge in [-0.1, -0.05) is 36.4 Å². The van der Waals surface area contributed by atoms with E-state index in [0.29, 0.717) is 31.6 Å². The van der Waals surface area contributed by atoms with E-state index in [1.165, 1.54) is 5.69 Å². The van der Waals surface area contributed by atoms with Crippen LogP contribution in [0.4, 0.5) is 0 Å². The first-order valence-corrected chi connectivity index (χ1v) is 11.5. The van der Waals surface area contributed by atoms with Crippen LogP contribution in [-0.2, 0) is 21.5 Å². The Balaban J connectivity index is 1.22. The predicted molar refractivity (Wildman–Crippen MR) is 119 cm³/mol. The van der Waals surface area contributed by atoms with Gasteiger partial charge in [-0.05, 0) is 36.8 Å². The summed E-state index contributed by atoms with van der Waals surface area (Å²) in [7, 11) is 0. The second-order valence-corrected chi connectivity index (χ2v) is 9.27. The molecule has 164 valence electrons. The number of benzene rings is 1. The van der Waals surface area contributed by atoms with E-state index in [9.17, 15) is 9.59 Å². The van der Waals surface area contributed by atoms with Gasteiger partial charge in [0.2, 0.25) is 5.91 Å². The fourth-order valence-corrected chi connectivity index (χ4v) is 5.80. The third kappa shape index (κ3) is 3.94. The van der Waals surface area contributed by atoms with Gasteiger partial charge < -0.3 is 19.5 Å². The average Bonchev–Trinajstić information content (AvgIpc) is 2.81. The fraction of sp³-hybridized carbons (Fsp3) is 0.520. The molecule has 1 amide bonds. The molecule has 1 N–H and O–H groups in total. The summed E-state index contributed by atoms with van der Waals surface area (Å²) < 4.78 is 7.53. The van der Waals surface area contributed by atoms with Crippen LogP contribution >= 0.6 is 0 Å². The third-order valence-electron chi connectivity index (χ3n) is 7.38. The van der Waals surface area contributed by atoms with Crippen LogP contribution in [0.5, 0.6) is 0 Å². The van der Waals surface area contributed by atoms with Crippen molar-refractivity contribution in [1.82, 2.24) is 14.8 Å². The highest BCUT2D eigenvalue weighted by Crippen LogP contribution is 2.36. The molecule has 2 saturated heterocycles. The zero-order valence-electron chi connectivity index (χ0n) is 18.0. The standard InChI is InChI=1S/C25H31N3O3/c29-23-8-4-7-22-20-15-19(17-28(22)23)16-27(18-20)12-11-26-24(30)25(9-13-31-14-10-25)21-5-2-1-3-6-21/h1-8,19-20H,9-18H2,(H,26,30). The Kier molecular flexibility index (Phi) is 5.67. The minimum Gasteiger partial charge on any atom is -0.381 e. The van der Waals surface area contributed by atoms with Crippen LogP contribution in [0, 0.1) is 5.92 Å². The molecular formula is C25H31N3O3. The van der Waals surface area contributed by atoms with E-state index in [2.05, 4.69) is 28.4 Å². The van der Waals surface area contributed by atoms with Crippen molar-refractivity contribution in [2.24, 2.45) is 5.92 Å². The van der Waals surface area contributed by atoms with Gasteiger partial charge in [-0.2, -0.15) is 0 Å². The van der Waals surface area contributed by atoms with Gasteiger partial charge in [0.15, 0.2) is 0 Å². The predicted octanol–water partition coefficient (Wildman–Crippen LogP) is 2.13. The van der Waals surface area contributed by atoms with E-state index in [-0.39, 0.29) is 11.5 Å². The largest absolute Gasteiger partial charge is 0.381 e. The van der Waals surface area contributed by atoms with E-state index in [1.54, 1.807) is 6.07 Å². The number of hydrogen-bond acceptors (Lipinski definition) is 4. The molecule has 2 unspecified atom stereocenters. The molecule has 3 aliphatic heterocycles. The lowest BCUT2D eigenvalue weighted by Gasteiger charge is -2.43. The Labute approximate surface area is 183 Å². The molecule has 5 rings (SSSR count). The molecule has 1 aromatic carbocycles. The van der Waals surface area contributed by atoms with Crippen LogP contribution in [-0.4, -0.2) is 54.8 Å². The lowest BCUT2D eigenvalue weighted by atomic mass is 9.73. The number of fused-ring (bicyclic) bond motifs is 4. The number of nitrogens with zero attached hydrogens (tertiary/aromatic N) is 2. The minimum atomic E-state index is -0.488. The van der Waals surface area contributed by atoms with Gasteiger partial charge in [0, 0.05) is 63.6 Å². The second kappa shape index (κ2) is 8.60. The van der Waals surface area contributed by atoms with E-state index in [4.69, 9.17) is 4.74 Å². The number of carbonyl (C=O) groups is 1. The normalized spacial score (nSPS) is 24.9. The van der Waals surface area contributed by atoms with Crippen LogP contribution in [0.15, 0.2) is 53.3 Å². The first-order valence-electron chi connectivity index (χ1n) is 11.5. The molecule has 4 heterocycles. The molecule has 6 nitrogen and oxygen atoms in total. The van der Waals surface area contributed by atoms with Crippen molar-refractivity contribution in [3.05, 3.63) is 70.1 Å². The molecule has 0 spiro atoms. The number of nitrogens with one attached hydrogen (secondary N) is 1. The van der Waals surface area contributed by atoms with Crippen LogP contribution in [0.2, 0.25) is 0 Å². The molecule has 1 aromatic heterocycles. The number of piperidine rings is 1. The van der Waals surface area contributed by atoms with Crippen molar-refractivity contribution in [3.8, 4) is 0 Å². The quantitative estimate of drug-likeness (QED) is 0.804. The minimum absolute atomic E-state index is 0.121. The van der Waals surface area contributed by atoms with Crippen molar-refractivity contribution >= 4 is 5.91 Å². The summed E-state index contributed by atoms with van der Waals surface area (Å²) in [5, 5.41) is 3.24. The molecule has 0 radical (unpaired) electrons. The summed E-state index contributed by atoms with van der Waals surface area (Å²) in [6.45, 7) is 5.49. The van der Waals surface area contributed by atoms with Crippen molar-refractivity contribution in [3.63, 3.8) is 0 Å².